The van der Waals surface area contributed by atoms with Gasteiger partial charge in [-0.05, 0) is 61.3 Å². The van der Waals surface area contributed by atoms with Crippen LogP contribution in [0.5, 0.6) is 0 Å². The van der Waals surface area contributed by atoms with Crippen LogP contribution < -0.4 is 10.6 Å². The van der Waals surface area contributed by atoms with E-state index in [1.54, 1.807) is 0 Å². The summed E-state index contributed by atoms with van der Waals surface area (Å²) in [6.07, 6.45) is 1.15. The summed E-state index contributed by atoms with van der Waals surface area (Å²) in [6.45, 7) is 6.52. The van der Waals surface area contributed by atoms with Crippen LogP contribution >= 0.6 is 12.2 Å². The number of hydrogen-bond donors (Lipinski definition) is 2. The van der Waals surface area contributed by atoms with E-state index in [1.165, 1.54) is 11.1 Å². The summed E-state index contributed by atoms with van der Waals surface area (Å²) in [4.78, 5) is 0. The molecule has 0 saturated heterocycles. The molecule has 0 aliphatic carbocycles. The van der Waals surface area contributed by atoms with E-state index in [-0.39, 0.29) is 0 Å². The zero-order valence-electron chi connectivity index (χ0n) is 12.8. The molecule has 21 heavy (non-hydrogen) atoms. The maximum atomic E-state index is 5.34. The lowest BCUT2D eigenvalue weighted by Crippen LogP contribution is -2.18. The molecule has 110 valence electrons. The van der Waals surface area contributed by atoms with E-state index in [0.717, 1.165) is 17.8 Å². The van der Waals surface area contributed by atoms with Gasteiger partial charge in [-0.2, -0.15) is 0 Å². The smallest absolute Gasteiger partial charge is 0.175 e. The minimum absolute atomic E-state index is 0.594. The quantitative estimate of drug-likeness (QED) is 0.747. The number of thiocarbonyl (C=S) groups is 1. The van der Waals surface area contributed by atoms with Gasteiger partial charge in [0.15, 0.2) is 5.11 Å². The molecule has 0 bridgehead atoms. The average Bonchev–Trinajstić information content (AvgIpc) is 2.49. The number of benzene rings is 2. The molecule has 2 nitrogen and oxygen atoms in total. The number of nitrogens with one attached hydrogen (secondary N) is 2. The van der Waals surface area contributed by atoms with Crippen molar-refractivity contribution in [1.29, 1.82) is 0 Å². The molecule has 2 aromatic rings. The van der Waals surface area contributed by atoms with Gasteiger partial charge in [0.1, 0.15) is 0 Å². The summed E-state index contributed by atoms with van der Waals surface area (Å²) in [5.74, 6) is 0.594. The summed E-state index contributed by atoms with van der Waals surface area (Å²) in [5.41, 5.74) is 4.60. The Morgan fingerprint density at radius 3 is 1.90 bits per heavy atom. The molecule has 2 aromatic carbocycles. The molecule has 0 spiro atoms. The Morgan fingerprint density at radius 1 is 0.952 bits per heavy atom. The van der Waals surface area contributed by atoms with Gasteiger partial charge in [0.05, 0.1) is 0 Å². The van der Waals surface area contributed by atoms with Crippen molar-refractivity contribution in [2.45, 2.75) is 33.1 Å². The van der Waals surface area contributed by atoms with E-state index in [9.17, 15) is 0 Å². The van der Waals surface area contributed by atoms with Crippen LogP contribution in [0.1, 0.15) is 37.3 Å². The largest absolute Gasteiger partial charge is 0.332 e. The first-order valence-corrected chi connectivity index (χ1v) is 7.74. The third-order valence-electron chi connectivity index (χ3n) is 3.66. The van der Waals surface area contributed by atoms with Crippen LogP contribution in [-0.2, 0) is 0 Å². The van der Waals surface area contributed by atoms with Crippen molar-refractivity contribution >= 4 is 28.7 Å². The van der Waals surface area contributed by atoms with E-state index in [0.29, 0.717) is 11.0 Å². The van der Waals surface area contributed by atoms with Gasteiger partial charge in [-0.15, -0.1) is 0 Å². The molecule has 0 fully saturated rings. The topological polar surface area (TPSA) is 24.1 Å². The van der Waals surface area contributed by atoms with Crippen molar-refractivity contribution in [3.8, 4) is 0 Å². The molecule has 3 heteroatoms. The first kappa shape index (κ1) is 15.5. The molecule has 0 aliphatic heterocycles. The molecular weight excluding hydrogens is 276 g/mol. The lowest BCUT2D eigenvalue weighted by Gasteiger charge is -2.13. The van der Waals surface area contributed by atoms with Crippen LogP contribution in [0.25, 0.3) is 0 Å². The fourth-order valence-corrected chi connectivity index (χ4v) is 2.30. The first-order chi connectivity index (χ1) is 10.1. The Hall–Kier alpha value is -1.87. The monoisotopic (exact) mass is 298 g/mol. The molecule has 1 atom stereocenters. The van der Waals surface area contributed by atoms with Crippen LogP contribution in [-0.4, -0.2) is 5.11 Å². The maximum absolute atomic E-state index is 5.34. The second-order valence-electron chi connectivity index (χ2n) is 5.38. The normalized spacial score (nSPS) is 11.8. The fraction of sp³-hybridized carbons (Fsp3) is 0.278. The number of anilines is 2. The molecule has 0 radical (unpaired) electrons. The molecule has 0 amide bonds. The molecule has 0 aliphatic rings. The predicted molar refractivity (Wildman–Crippen MR) is 96.2 cm³/mol. The summed E-state index contributed by atoms with van der Waals surface area (Å²) in [7, 11) is 0. The van der Waals surface area contributed by atoms with Crippen LogP contribution in [0.15, 0.2) is 48.5 Å². The van der Waals surface area contributed by atoms with E-state index in [4.69, 9.17) is 12.2 Å². The summed E-state index contributed by atoms with van der Waals surface area (Å²) in [6, 6.07) is 16.6. The Bertz CT molecular complexity index is 588. The number of hydrogen-bond acceptors (Lipinski definition) is 1. The third-order valence-corrected chi connectivity index (χ3v) is 3.86. The van der Waals surface area contributed by atoms with Crippen molar-refractivity contribution in [2.75, 3.05) is 10.6 Å². The predicted octanol–water partition coefficient (Wildman–Crippen LogP) is 5.32. The zero-order valence-corrected chi connectivity index (χ0v) is 13.6. The van der Waals surface area contributed by atoms with Gasteiger partial charge < -0.3 is 10.6 Å². The SMILES string of the molecule is CCC(C)c1ccc(NC(=S)Nc2ccc(C)cc2)cc1. The highest BCUT2D eigenvalue weighted by Gasteiger charge is 2.03. The Labute approximate surface area is 132 Å². The fourth-order valence-electron chi connectivity index (χ4n) is 2.06. The maximum Gasteiger partial charge on any atom is 0.175 e. The van der Waals surface area contributed by atoms with Crippen LogP contribution in [0.3, 0.4) is 0 Å². The molecule has 0 heterocycles. The van der Waals surface area contributed by atoms with E-state index < -0.39 is 0 Å². The van der Waals surface area contributed by atoms with E-state index in [2.05, 4.69) is 67.8 Å². The van der Waals surface area contributed by atoms with Crippen molar-refractivity contribution in [3.05, 3.63) is 59.7 Å². The summed E-state index contributed by atoms with van der Waals surface area (Å²) in [5, 5.41) is 7.00. The van der Waals surface area contributed by atoms with E-state index >= 15 is 0 Å². The lowest BCUT2D eigenvalue weighted by atomic mass is 9.99. The zero-order chi connectivity index (χ0) is 15.2. The average molecular weight is 298 g/mol. The highest BCUT2D eigenvalue weighted by molar-refractivity contribution is 7.80. The third kappa shape index (κ3) is 4.57. The van der Waals surface area contributed by atoms with Crippen molar-refractivity contribution in [1.82, 2.24) is 0 Å². The minimum atomic E-state index is 0.594. The highest BCUT2D eigenvalue weighted by atomic mass is 32.1. The molecule has 0 saturated carbocycles. The standard InChI is InChI=1S/C18H22N2S/c1-4-14(3)15-7-11-17(12-8-15)20-18(21)19-16-9-5-13(2)6-10-16/h5-12,14H,4H2,1-3H3,(H2,19,20,21). The van der Waals surface area contributed by atoms with Gasteiger partial charge in [-0.25, -0.2) is 0 Å². The molecule has 0 aromatic heterocycles. The lowest BCUT2D eigenvalue weighted by molar-refractivity contribution is 0.734. The van der Waals surface area contributed by atoms with Crippen molar-refractivity contribution in [2.24, 2.45) is 0 Å². The van der Waals surface area contributed by atoms with Gasteiger partial charge in [0.25, 0.3) is 0 Å². The van der Waals surface area contributed by atoms with Gasteiger partial charge in [-0.1, -0.05) is 43.7 Å². The van der Waals surface area contributed by atoms with Gasteiger partial charge in [-0.3, -0.25) is 0 Å². The van der Waals surface area contributed by atoms with Crippen LogP contribution in [0.4, 0.5) is 11.4 Å². The molecular formula is C18H22N2S. The van der Waals surface area contributed by atoms with Gasteiger partial charge in [0, 0.05) is 11.4 Å². The molecule has 2 N–H and O–H groups in total. The number of aryl methyl sites for hydroxylation is 1. The molecule has 2 rings (SSSR count). The van der Waals surface area contributed by atoms with Gasteiger partial charge >= 0.3 is 0 Å². The van der Waals surface area contributed by atoms with Crippen LogP contribution in [0, 0.1) is 6.92 Å². The van der Waals surface area contributed by atoms with Crippen LogP contribution in [0.2, 0.25) is 0 Å². The Balaban J connectivity index is 1.94. The Kier molecular flexibility index (Phi) is 5.34. The second kappa shape index (κ2) is 7.23. The van der Waals surface area contributed by atoms with Crippen molar-refractivity contribution in [3.63, 3.8) is 0 Å². The molecule has 1 unspecified atom stereocenters. The van der Waals surface area contributed by atoms with Gasteiger partial charge in [0.2, 0.25) is 0 Å². The summed E-state index contributed by atoms with van der Waals surface area (Å²) < 4.78 is 0. The Morgan fingerprint density at radius 2 is 1.43 bits per heavy atom. The van der Waals surface area contributed by atoms with E-state index in [1.807, 2.05) is 12.1 Å². The minimum Gasteiger partial charge on any atom is -0.332 e. The second-order valence-corrected chi connectivity index (χ2v) is 5.78. The highest BCUT2D eigenvalue weighted by Crippen LogP contribution is 2.20. The first-order valence-electron chi connectivity index (χ1n) is 7.33. The summed E-state index contributed by atoms with van der Waals surface area (Å²) >= 11 is 5.34. The van der Waals surface area contributed by atoms with Crippen molar-refractivity contribution < 1.29 is 0 Å². The number of rotatable bonds is 4.